The Labute approximate surface area is 97.8 Å². The second kappa shape index (κ2) is 5.56. The predicted molar refractivity (Wildman–Crippen MR) is 61.9 cm³/mol. The zero-order valence-corrected chi connectivity index (χ0v) is 10.6. The van der Waals surface area contributed by atoms with E-state index in [2.05, 4.69) is 27.8 Å². The molecule has 0 aliphatic rings. The number of hydrogen-bond acceptors (Lipinski definition) is 2. The molecule has 1 heterocycles. The van der Waals surface area contributed by atoms with Gasteiger partial charge in [-0.25, -0.2) is 4.98 Å². The highest BCUT2D eigenvalue weighted by Gasteiger charge is 2.07. The number of rotatable bonds is 4. The minimum absolute atomic E-state index is 0.185. The molecule has 0 amide bonds. The van der Waals surface area contributed by atoms with Gasteiger partial charge in [0, 0.05) is 6.20 Å². The highest BCUT2D eigenvalue weighted by atomic mass is 79.9. The molecule has 0 aromatic carbocycles. The van der Waals surface area contributed by atoms with E-state index in [4.69, 9.17) is 16.3 Å². The van der Waals surface area contributed by atoms with Crippen LogP contribution in [0.25, 0.3) is 0 Å². The highest BCUT2D eigenvalue weighted by molar-refractivity contribution is 9.10. The Morgan fingerprint density at radius 3 is 2.93 bits per heavy atom. The van der Waals surface area contributed by atoms with Crippen LogP contribution in [0.2, 0.25) is 5.02 Å². The van der Waals surface area contributed by atoms with Gasteiger partial charge >= 0.3 is 0 Å². The van der Waals surface area contributed by atoms with E-state index in [1.54, 1.807) is 12.3 Å². The second-order valence-electron chi connectivity index (χ2n) is 3.16. The molecular weight excluding hydrogens is 265 g/mol. The summed E-state index contributed by atoms with van der Waals surface area (Å²) in [6.45, 7) is 4.16. The molecule has 0 bridgehead atoms. The smallest absolute Gasteiger partial charge is 0.228 e. The molecule has 0 saturated heterocycles. The van der Waals surface area contributed by atoms with Gasteiger partial charge in [-0.3, -0.25) is 0 Å². The maximum Gasteiger partial charge on any atom is 0.228 e. The first-order valence-corrected chi connectivity index (χ1v) is 5.78. The highest BCUT2D eigenvalue weighted by Crippen LogP contribution is 2.26. The topological polar surface area (TPSA) is 22.1 Å². The Morgan fingerprint density at radius 1 is 1.64 bits per heavy atom. The fourth-order valence-corrected chi connectivity index (χ4v) is 1.88. The standard InChI is InChI=1S/C10H13BrClNO/c1-3-4-7(2)14-10-9(11)5-8(12)6-13-10/h5-7H,3-4H2,1-2H3. The van der Waals surface area contributed by atoms with E-state index in [0.29, 0.717) is 10.9 Å². The van der Waals surface area contributed by atoms with Gasteiger partial charge in [-0.1, -0.05) is 24.9 Å². The average molecular weight is 279 g/mol. The molecule has 0 saturated carbocycles. The lowest BCUT2D eigenvalue weighted by Gasteiger charge is -2.13. The van der Waals surface area contributed by atoms with Crippen molar-refractivity contribution in [1.29, 1.82) is 0 Å². The zero-order chi connectivity index (χ0) is 10.6. The van der Waals surface area contributed by atoms with Crippen molar-refractivity contribution in [2.45, 2.75) is 32.8 Å². The molecule has 2 nitrogen and oxygen atoms in total. The third-order valence-electron chi connectivity index (χ3n) is 1.78. The lowest BCUT2D eigenvalue weighted by molar-refractivity contribution is 0.200. The Hall–Kier alpha value is -0.280. The van der Waals surface area contributed by atoms with Gasteiger partial charge in [-0.15, -0.1) is 0 Å². The summed E-state index contributed by atoms with van der Waals surface area (Å²) in [5.41, 5.74) is 0. The molecule has 78 valence electrons. The monoisotopic (exact) mass is 277 g/mol. The van der Waals surface area contributed by atoms with Crippen molar-refractivity contribution in [3.05, 3.63) is 21.8 Å². The van der Waals surface area contributed by atoms with Crippen LogP contribution >= 0.6 is 27.5 Å². The van der Waals surface area contributed by atoms with Gasteiger partial charge in [0.1, 0.15) is 0 Å². The van der Waals surface area contributed by atoms with Gasteiger partial charge in [-0.2, -0.15) is 0 Å². The number of nitrogens with zero attached hydrogens (tertiary/aromatic N) is 1. The number of pyridine rings is 1. The van der Waals surface area contributed by atoms with Crippen LogP contribution in [0.4, 0.5) is 0 Å². The molecular formula is C10H13BrClNO. The molecule has 1 rings (SSSR count). The van der Waals surface area contributed by atoms with E-state index >= 15 is 0 Å². The second-order valence-corrected chi connectivity index (χ2v) is 4.45. The minimum Gasteiger partial charge on any atom is -0.474 e. The van der Waals surface area contributed by atoms with Crippen LogP contribution in [0.1, 0.15) is 26.7 Å². The fourth-order valence-electron chi connectivity index (χ4n) is 1.14. The first kappa shape index (κ1) is 11.8. The first-order valence-electron chi connectivity index (χ1n) is 4.61. The molecule has 0 aliphatic carbocycles. The summed E-state index contributed by atoms with van der Waals surface area (Å²) in [7, 11) is 0. The maximum atomic E-state index is 5.77. The molecule has 14 heavy (non-hydrogen) atoms. The lowest BCUT2D eigenvalue weighted by Crippen LogP contribution is -2.12. The summed E-state index contributed by atoms with van der Waals surface area (Å²) >= 11 is 9.12. The number of aromatic nitrogens is 1. The Bertz CT molecular complexity index is 306. The van der Waals surface area contributed by atoms with E-state index < -0.39 is 0 Å². The number of halogens is 2. The van der Waals surface area contributed by atoms with Crippen LogP contribution in [-0.2, 0) is 0 Å². The van der Waals surface area contributed by atoms with Gasteiger partial charge < -0.3 is 4.74 Å². The number of ether oxygens (including phenoxy) is 1. The normalized spacial score (nSPS) is 12.6. The van der Waals surface area contributed by atoms with Crippen LogP contribution in [-0.4, -0.2) is 11.1 Å². The summed E-state index contributed by atoms with van der Waals surface area (Å²) in [4.78, 5) is 4.10. The summed E-state index contributed by atoms with van der Waals surface area (Å²) in [5, 5.41) is 0.604. The molecule has 0 radical (unpaired) electrons. The molecule has 0 spiro atoms. The van der Waals surface area contributed by atoms with E-state index in [1.807, 2.05) is 6.92 Å². The molecule has 1 unspecified atom stereocenters. The van der Waals surface area contributed by atoms with Gasteiger partial charge in [0.25, 0.3) is 0 Å². The van der Waals surface area contributed by atoms with Gasteiger partial charge in [0.05, 0.1) is 15.6 Å². The van der Waals surface area contributed by atoms with E-state index in [0.717, 1.165) is 17.3 Å². The van der Waals surface area contributed by atoms with E-state index in [9.17, 15) is 0 Å². The molecule has 0 N–H and O–H groups in total. The molecule has 1 aromatic heterocycles. The fraction of sp³-hybridized carbons (Fsp3) is 0.500. The van der Waals surface area contributed by atoms with Gasteiger partial charge in [-0.05, 0) is 35.3 Å². The largest absolute Gasteiger partial charge is 0.474 e. The summed E-state index contributed by atoms with van der Waals surface area (Å²) in [6, 6.07) is 1.78. The maximum absolute atomic E-state index is 5.77. The zero-order valence-electron chi connectivity index (χ0n) is 8.26. The molecule has 0 aliphatic heterocycles. The summed E-state index contributed by atoms with van der Waals surface area (Å²) in [5.74, 6) is 0.607. The molecule has 4 heteroatoms. The Morgan fingerprint density at radius 2 is 2.36 bits per heavy atom. The van der Waals surface area contributed by atoms with Crippen molar-refractivity contribution in [3.63, 3.8) is 0 Å². The van der Waals surface area contributed by atoms with Crippen LogP contribution < -0.4 is 4.74 Å². The van der Waals surface area contributed by atoms with Crippen molar-refractivity contribution >= 4 is 27.5 Å². The molecule has 1 aromatic rings. The third kappa shape index (κ3) is 3.46. The number of hydrogen-bond donors (Lipinski definition) is 0. The van der Waals surface area contributed by atoms with E-state index in [1.165, 1.54) is 0 Å². The lowest BCUT2D eigenvalue weighted by atomic mass is 10.2. The van der Waals surface area contributed by atoms with Crippen LogP contribution in [0, 0.1) is 0 Å². The average Bonchev–Trinajstić information content (AvgIpc) is 2.10. The van der Waals surface area contributed by atoms with Crippen molar-refractivity contribution in [1.82, 2.24) is 4.98 Å². The molecule has 0 fully saturated rings. The summed E-state index contributed by atoms with van der Waals surface area (Å²) < 4.78 is 6.42. The first-order chi connectivity index (χ1) is 6.63. The predicted octanol–water partition coefficient (Wildman–Crippen LogP) is 4.06. The van der Waals surface area contributed by atoms with Crippen LogP contribution in [0.5, 0.6) is 5.88 Å². The van der Waals surface area contributed by atoms with Crippen molar-refractivity contribution in [2.24, 2.45) is 0 Å². The van der Waals surface area contributed by atoms with Crippen molar-refractivity contribution < 1.29 is 4.74 Å². The van der Waals surface area contributed by atoms with Crippen LogP contribution in [0.15, 0.2) is 16.7 Å². The van der Waals surface area contributed by atoms with E-state index in [-0.39, 0.29) is 6.10 Å². The van der Waals surface area contributed by atoms with Crippen LogP contribution in [0.3, 0.4) is 0 Å². The van der Waals surface area contributed by atoms with Gasteiger partial charge in [0.2, 0.25) is 5.88 Å². The molecule has 1 atom stereocenters. The Balaban J connectivity index is 2.67. The quantitative estimate of drug-likeness (QED) is 0.828. The Kier molecular flexibility index (Phi) is 4.69. The van der Waals surface area contributed by atoms with Crippen molar-refractivity contribution in [3.8, 4) is 5.88 Å². The summed E-state index contributed by atoms with van der Waals surface area (Å²) in [6.07, 6.45) is 3.90. The SMILES string of the molecule is CCCC(C)Oc1ncc(Cl)cc1Br. The minimum atomic E-state index is 0.185. The van der Waals surface area contributed by atoms with Gasteiger partial charge in [0.15, 0.2) is 0 Å². The third-order valence-corrected chi connectivity index (χ3v) is 2.56. The van der Waals surface area contributed by atoms with Crippen molar-refractivity contribution in [2.75, 3.05) is 0 Å².